The van der Waals surface area contributed by atoms with Gasteiger partial charge < -0.3 is 15.2 Å². The molecule has 4 heteroatoms. The number of hydrogen-bond acceptors (Lipinski definition) is 3. The molecule has 1 heterocycles. The summed E-state index contributed by atoms with van der Waals surface area (Å²) in [6.07, 6.45) is 7.73. The molecule has 102 valence electrons. The van der Waals surface area contributed by atoms with E-state index in [1.165, 1.54) is 19.3 Å². The molecule has 2 N–H and O–H groups in total. The normalized spacial score (nSPS) is 20.2. The van der Waals surface area contributed by atoms with E-state index in [1.807, 2.05) is 12.5 Å². The molecule has 1 saturated carbocycles. The van der Waals surface area contributed by atoms with Gasteiger partial charge in [0.2, 0.25) is 0 Å². The molecule has 1 aliphatic carbocycles. The highest BCUT2D eigenvalue weighted by molar-refractivity contribution is 5.08. The monoisotopic (exact) mass is 250 g/mol. The molecule has 0 aliphatic heterocycles. The number of hydrogen-bond donors (Lipinski definition) is 1. The summed E-state index contributed by atoms with van der Waals surface area (Å²) < 4.78 is 2.25. The Labute approximate surface area is 110 Å². The third-order valence-corrected chi connectivity index (χ3v) is 4.50. The molecular weight excluding hydrogens is 224 g/mol. The highest BCUT2D eigenvalue weighted by atomic mass is 15.2. The summed E-state index contributed by atoms with van der Waals surface area (Å²) in [5.41, 5.74) is 7.74. The van der Waals surface area contributed by atoms with Gasteiger partial charge in [-0.2, -0.15) is 0 Å². The van der Waals surface area contributed by atoms with Gasteiger partial charge in [0.05, 0.1) is 12.0 Å². The van der Waals surface area contributed by atoms with Crippen LogP contribution in [0.5, 0.6) is 0 Å². The molecule has 0 amide bonds. The molecule has 0 bridgehead atoms. The third-order valence-electron chi connectivity index (χ3n) is 4.50. The molecule has 1 aliphatic rings. The maximum atomic E-state index is 6.26. The smallest absolute Gasteiger partial charge is 0.0949 e. The van der Waals surface area contributed by atoms with Crippen molar-refractivity contribution in [1.29, 1.82) is 0 Å². The van der Waals surface area contributed by atoms with Crippen LogP contribution >= 0.6 is 0 Å². The first kappa shape index (κ1) is 13.6. The lowest BCUT2D eigenvalue weighted by molar-refractivity contribution is 0.0412. The Kier molecular flexibility index (Phi) is 3.78. The maximum Gasteiger partial charge on any atom is 0.0949 e. The number of imidazole rings is 1. The van der Waals surface area contributed by atoms with Gasteiger partial charge in [-0.15, -0.1) is 0 Å². The van der Waals surface area contributed by atoms with Crippen LogP contribution in [0.3, 0.4) is 0 Å². The van der Waals surface area contributed by atoms with Crippen LogP contribution in [0, 0.1) is 5.92 Å². The van der Waals surface area contributed by atoms with Gasteiger partial charge >= 0.3 is 0 Å². The first-order valence-electron chi connectivity index (χ1n) is 6.89. The number of nitrogens with zero attached hydrogens (tertiary/aromatic N) is 3. The van der Waals surface area contributed by atoms with Crippen molar-refractivity contribution in [2.45, 2.75) is 51.2 Å². The average molecular weight is 250 g/mol. The van der Waals surface area contributed by atoms with Gasteiger partial charge in [0.15, 0.2) is 0 Å². The molecule has 1 fully saturated rings. The molecule has 4 nitrogen and oxygen atoms in total. The van der Waals surface area contributed by atoms with Gasteiger partial charge in [-0.1, -0.05) is 13.8 Å². The molecule has 2 rings (SSSR count). The number of rotatable bonds is 5. The van der Waals surface area contributed by atoms with Crippen molar-refractivity contribution in [2.24, 2.45) is 11.7 Å². The van der Waals surface area contributed by atoms with Gasteiger partial charge in [-0.25, -0.2) is 4.98 Å². The number of likely N-dealkylation sites (N-methyl/N-ethyl adjacent to an activating group) is 1. The lowest BCUT2D eigenvalue weighted by Gasteiger charge is -2.48. The quantitative estimate of drug-likeness (QED) is 0.869. The highest BCUT2D eigenvalue weighted by Gasteiger charge is 2.39. The van der Waals surface area contributed by atoms with Crippen molar-refractivity contribution in [1.82, 2.24) is 14.5 Å². The Morgan fingerprint density at radius 2 is 2.11 bits per heavy atom. The Morgan fingerprint density at radius 1 is 1.44 bits per heavy atom. The summed E-state index contributed by atoms with van der Waals surface area (Å²) in [7, 11) is 4.36. The summed E-state index contributed by atoms with van der Waals surface area (Å²) in [5.74, 6) is 0.442. The molecule has 1 atom stereocenters. The van der Waals surface area contributed by atoms with E-state index in [0.29, 0.717) is 11.5 Å². The Hall–Kier alpha value is -0.870. The Morgan fingerprint density at radius 3 is 2.56 bits per heavy atom. The van der Waals surface area contributed by atoms with E-state index in [9.17, 15) is 0 Å². The summed E-state index contributed by atoms with van der Waals surface area (Å²) in [5, 5.41) is 0. The predicted molar refractivity (Wildman–Crippen MR) is 74.3 cm³/mol. The highest BCUT2D eigenvalue weighted by Crippen LogP contribution is 2.38. The van der Waals surface area contributed by atoms with Crippen LogP contribution in [-0.2, 0) is 6.54 Å². The lowest BCUT2D eigenvalue weighted by Crippen LogP contribution is -2.53. The molecule has 1 aromatic heterocycles. The van der Waals surface area contributed by atoms with E-state index in [2.05, 4.69) is 42.4 Å². The van der Waals surface area contributed by atoms with Gasteiger partial charge in [-0.3, -0.25) is 0 Å². The van der Waals surface area contributed by atoms with E-state index in [-0.39, 0.29) is 6.04 Å². The van der Waals surface area contributed by atoms with Crippen LogP contribution in [0.4, 0.5) is 0 Å². The summed E-state index contributed by atoms with van der Waals surface area (Å²) >= 11 is 0. The standard InChI is InChI=1S/C14H26N4/c1-11(2)13(15)12-8-16-10-18(12)9-14(17(3)4)6-5-7-14/h8,10-11,13H,5-7,9,15H2,1-4H3. The van der Waals surface area contributed by atoms with Crippen LogP contribution in [0.15, 0.2) is 12.5 Å². The SMILES string of the molecule is CC(C)C(N)c1cncn1CC1(N(C)C)CCC1. The van der Waals surface area contributed by atoms with E-state index >= 15 is 0 Å². The Bertz CT molecular complexity index is 390. The first-order valence-corrected chi connectivity index (χ1v) is 6.89. The molecule has 18 heavy (non-hydrogen) atoms. The molecule has 1 aromatic rings. The molecule has 0 saturated heterocycles. The lowest BCUT2D eigenvalue weighted by atomic mass is 9.75. The first-order chi connectivity index (χ1) is 8.46. The van der Waals surface area contributed by atoms with Crippen molar-refractivity contribution in [2.75, 3.05) is 14.1 Å². The zero-order chi connectivity index (χ0) is 13.3. The van der Waals surface area contributed by atoms with Crippen LogP contribution in [0.1, 0.15) is 44.8 Å². The van der Waals surface area contributed by atoms with Crippen molar-refractivity contribution in [3.05, 3.63) is 18.2 Å². The minimum atomic E-state index is 0.0757. The molecule has 0 spiro atoms. The van der Waals surface area contributed by atoms with Crippen molar-refractivity contribution in [3.8, 4) is 0 Å². The maximum absolute atomic E-state index is 6.26. The zero-order valence-electron chi connectivity index (χ0n) is 12.1. The summed E-state index contributed by atoms with van der Waals surface area (Å²) in [4.78, 5) is 6.65. The van der Waals surface area contributed by atoms with E-state index < -0.39 is 0 Å². The topological polar surface area (TPSA) is 47.1 Å². The second-order valence-electron chi connectivity index (χ2n) is 6.19. The van der Waals surface area contributed by atoms with Crippen molar-refractivity contribution in [3.63, 3.8) is 0 Å². The number of nitrogens with two attached hydrogens (primary N) is 1. The fourth-order valence-corrected chi connectivity index (χ4v) is 2.73. The van der Waals surface area contributed by atoms with E-state index in [1.54, 1.807) is 0 Å². The fraction of sp³-hybridized carbons (Fsp3) is 0.786. The Balaban J connectivity index is 2.17. The van der Waals surface area contributed by atoms with Crippen molar-refractivity contribution < 1.29 is 0 Å². The third kappa shape index (κ3) is 2.31. The van der Waals surface area contributed by atoms with E-state index in [4.69, 9.17) is 5.73 Å². The van der Waals surface area contributed by atoms with Gasteiger partial charge in [0.25, 0.3) is 0 Å². The second-order valence-corrected chi connectivity index (χ2v) is 6.19. The van der Waals surface area contributed by atoms with E-state index in [0.717, 1.165) is 12.2 Å². The van der Waals surface area contributed by atoms with Crippen molar-refractivity contribution >= 4 is 0 Å². The molecule has 0 radical (unpaired) electrons. The van der Waals surface area contributed by atoms with Crippen LogP contribution < -0.4 is 5.73 Å². The minimum Gasteiger partial charge on any atom is -0.331 e. The fourth-order valence-electron chi connectivity index (χ4n) is 2.73. The number of aromatic nitrogens is 2. The van der Waals surface area contributed by atoms with Crippen LogP contribution in [0.2, 0.25) is 0 Å². The van der Waals surface area contributed by atoms with Gasteiger partial charge in [-0.05, 0) is 39.3 Å². The van der Waals surface area contributed by atoms with Crippen LogP contribution in [-0.4, -0.2) is 34.1 Å². The predicted octanol–water partition coefficient (Wildman–Crippen LogP) is 2.02. The summed E-state index contributed by atoms with van der Waals surface area (Å²) in [6, 6.07) is 0.0757. The molecule has 0 aromatic carbocycles. The summed E-state index contributed by atoms with van der Waals surface area (Å²) in [6.45, 7) is 5.33. The molecule has 1 unspecified atom stereocenters. The molecular formula is C14H26N4. The second kappa shape index (κ2) is 5.02. The average Bonchev–Trinajstić information content (AvgIpc) is 2.69. The zero-order valence-corrected chi connectivity index (χ0v) is 12.1. The van der Waals surface area contributed by atoms with Gasteiger partial charge in [0, 0.05) is 24.3 Å². The van der Waals surface area contributed by atoms with Crippen LogP contribution in [0.25, 0.3) is 0 Å². The largest absolute Gasteiger partial charge is 0.331 e. The minimum absolute atomic E-state index is 0.0757. The van der Waals surface area contributed by atoms with Gasteiger partial charge in [0.1, 0.15) is 0 Å².